The summed E-state index contributed by atoms with van der Waals surface area (Å²) in [4.78, 5) is 0. The first kappa shape index (κ1) is 12.0. The maximum atomic E-state index is 9.49. The molecule has 3 nitrogen and oxygen atoms in total. The van der Waals surface area contributed by atoms with E-state index in [0.29, 0.717) is 13.2 Å². The van der Waals surface area contributed by atoms with E-state index in [2.05, 4.69) is 29.8 Å². The standard InChI is InChI=1S/C11H14BBrO3/c1-11(2)6-15-12(16-7-11)8-3-9(13)5-10(14)4-8/h3-5,14H,6-7H2,1-2H3. The summed E-state index contributed by atoms with van der Waals surface area (Å²) < 4.78 is 12.1. The van der Waals surface area contributed by atoms with Crippen molar-refractivity contribution >= 4 is 28.5 Å². The van der Waals surface area contributed by atoms with Crippen molar-refractivity contribution in [1.82, 2.24) is 0 Å². The van der Waals surface area contributed by atoms with Crippen LogP contribution in [0.5, 0.6) is 5.75 Å². The Morgan fingerprint density at radius 2 is 1.88 bits per heavy atom. The Kier molecular flexibility index (Phi) is 3.28. The smallest absolute Gasteiger partial charge is 0.494 e. The number of aromatic hydroxyl groups is 1. The molecule has 0 aromatic heterocycles. The summed E-state index contributed by atoms with van der Waals surface area (Å²) in [5, 5.41) is 9.49. The fourth-order valence-electron chi connectivity index (χ4n) is 1.62. The van der Waals surface area contributed by atoms with E-state index in [-0.39, 0.29) is 18.3 Å². The van der Waals surface area contributed by atoms with Gasteiger partial charge in [-0.15, -0.1) is 0 Å². The lowest BCUT2D eigenvalue weighted by Crippen LogP contribution is -2.47. The van der Waals surface area contributed by atoms with Gasteiger partial charge in [0.1, 0.15) is 5.75 Å². The first-order valence-corrected chi connectivity index (χ1v) is 5.98. The predicted octanol–water partition coefficient (Wildman–Crippen LogP) is 1.92. The van der Waals surface area contributed by atoms with Crippen LogP contribution in [0.15, 0.2) is 22.7 Å². The van der Waals surface area contributed by atoms with Crippen LogP contribution in [-0.2, 0) is 9.31 Å². The molecule has 86 valence electrons. The molecule has 1 N–H and O–H groups in total. The molecule has 1 aromatic rings. The average molecular weight is 285 g/mol. The van der Waals surface area contributed by atoms with E-state index in [1.807, 2.05) is 6.07 Å². The number of rotatable bonds is 1. The molecule has 0 bridgehead atoms. The Morgan fingerprint density at radius 3 is 2.44 bits per heavy atom. The summed E-state index contributed by atoms with van der Waals surface area (Å²) in [7, 11) is -0.378. The normalized spacial score (nSPS) is 19.8. The van der Waals surface area contributed by atoms with Gasteiger partial charge < -0.3 is 14.4 Å². The van der Waals surface area contributed by atoms with Gasteiger partial charge in [0.15, 0.2) is 0 Å². The summed E-state index contributed by atoms with van der Waals surface area (Å²) in [6, 6.07) is 5.19. The Bertz CT molecular complexity index is 365. The fraction of sp³-hybridized carbons (Fsp3) is 0.455. The van der Waals surface area contributed by atoms with Crippen molar-refractivity contribution in [3.8, 4) is 5.75 Å². The molecule has 1 fully saturated rings. The second-order valence-electron chi connectivity index (χ2n) is 4.86. The van der Waals surface area contributed by atoms with Crippen LogP contribution in [0.3, 0.4) is 0 Å². The van der Waals surface area contributed by atoms with E-state index in [0.717, 1.165) is 9.94 Å². The summed E-state index contributed by atoms with van der Waals surface area (Å²) in [6.07, 6.45) is 0. The number of phenols is 1. The van der Waals surface area contributed by atoms with Crippen molar-refractivity contribution in [2.75, 3.05) is 13.2 Å². The SMILES string of the molecule is CC1(C)COB(c2cc(O)cc(Br)c2)OC1. The fourth-order valence-corrected chi connectivity index (χ4v) is 2.12. The molecule has 1 saturated heterocycles. The van der Waals surface area contributed by atoms with Crippen molar-refractivity contribution in [1.29, 1.82) is 0 Å². The van der Waals surface area contributed by atoms with Gasteiger partial charge in [-0.3, -0.25) is 0 Å². The largest absolute Gasteiger partial charge is 0.508 e. The van der Waals surface area contributed by atoms with E-state index < -0.39 is 0 Å². The van der Waals surface area contributed by atoms with E-state index in [4.69, 9.17) is 9.31 Å². The summed E-state index contributed by atoms with van der Waals surface area (Å²) in [6.45, 7) is 5.51. The molecule has 1 heterocycles. The van der Waals surface area contributed by atoms with Crippen LogP contribution in [0.4, 0.5) is 0 Å². The summed E-state index contributed by atoms with van der Waals surface area (Å²) in [5.74, 6) is 0.210. The first-order chi connectivity index (χ1) is 7.46. The van der Waals surface area contributed by atoms with Crippen LogP contribution in [-0.4, -0.2) is 25.4 Å². The molecule has 0 saturated carbocycles. The molecule has 1 aromatic carbocycles. The van der Waals surface area contributed by atoms with Gasteiger partial charge in [-0.1, -0.05) is 29.8 Å². The van der Waals surface area contributed by atoms with Gasteiger partial charge in [0.25, 0.3) is 0 Å². The lowest BCUT2D eigenvalue weighted by Gasteiger charge is -2.33. The third-order valence-electron chi connectivity index (χ3n) is 2.43. The monoisotopic (exact) mass is 284 g/mol. The van der Waals surface area contributed by atoms with E-state index in [1.54, 1.807) is 12.1 Å². The lowest BCUT2D eigenvalue weighted by atomic mass is 9.76. The number of benzene rings is 1. The average Bonchev–Trinajstić information content (AvgIpc) is 2.15. The minimum absolute atomic E-state index is 0.0601. The quantitative estimate of drug-likeness (QED) is 0.801. The number of hydrogen-bond acceptors (Lipinski definition) is 3. The van der Waals surface area contributed by atoms with Crippen LogP contribution >= 0.6 is 15.9 Å². The second kappa shape index (κ2) is 4.39. The highest BCUT2D eigenvalue weighted by atomic mass is 79.9. The molecule has 0 radical (unpaired) electrons. The van der Waals surface area contributed by atoms with Gasteiger partial charge in [-0.05, 0) is 23.7 Å². The highest BCUT2D eigenvalue weighted by Crippen LogP contribution is 2.22. The number of phenolic OH excluding ortho intramolecular Hbond substituents is 1. The molecule has 5 heteroatoms. The number of halogens is 1. The van der Waals surface area contributed by atoms with Crippen LogP contribution < -0.4 is 5.46 Å². The van der Waals surface area contributed by atoms with E-state index in [1.165, 1.54) is 0 Å². The topological polar surface area (TPSA) is 38.7 Å². The Hall–Kier alpha value is -0.515. The van der Waals surface area contributed by atoms with Crippen LogP contribution in [0.2, 0.25) is 0 Å². The second-order valence-corrected chi connectivity index (χ2v) is 5.78. The highest BCUT2D eigenvalue weighted by molar-refractivity contribution is 9.10. The highest BCUT2D eigenvalue weighted by Gasteiger charge is 2.33. The molecule has 1 aliphatic rings. The minimum Gasteiger partial charge on any atom is -0.508 e. The molecular formula is C11H14BBrO3. The van der Waals surface area contributed by atoms with Gasteiger partial charge in [0, 0.05) is 23.1 Å². The maximum Gasteiger partial charge on any atom is 0.494 e. The summed E-state index contributed by atoms with van der Waals surface area (Å²) in [5.41, 5.74) is 0.896. The lowest BCUT2D eigenvalue weighted by molar-refractivity contribution is 0.0343. The predicted molar refractivity (Wildman–Crippen MR) is 66.9 cm³/mol. The van der Waals surface area contributed by atoms with Gasteiger partial charge >= 0.3 is 7.12 Å². The molecule has 0 unspecified atom stereocenters. The van der Waals surface area contributed by atoms with Crippen LogP contribution in [0, 0.1) is 5.41 Å². The van der Waals surface area contributed by atoms with E-state index >= 15 is 0 Å². The molecule has 0 amide bonds. The third-order valence-corrected chi connectivity index (χ3v) is 2.89. The zero-order valence-electron chi connectivity index (χ0n) is 9.37. The van der Waals surface area contributed by atoms with Crippen molar-refractivity contribution in [3.63, 3.8) is 0 Å². The zero-order chi connectivity index (χ0) is 11.8. The van der Waals surface area contributed by atoms with Crippen molar-refractivity contribution in [2.24, 2.45) is 5.41 Å². The molecular weight excluding hydrogens is 271 g/mol. The van der Waals surface area contributed by atoms with Gasteiger partial charge in [-0.2, -0.15) is 0 Å². The molecule has 1 aliphatic heterocycles. The van der Waals surface area contributed by atoms with Crippen LogP contribution in [0.1, 0.15) is 13.8 Å². The minimum atomic E-state index is -0.378. The van der Waals surface area contributed by atoms with E-state index in [9.17, 15) is 5.11 Å². The van der Waals surface area contributed by atoms with Crippen molar-refractivity contribution in [2.45, 2.75) is 13.8 Å². The van der Waals surface area contributed by atoms with Gasteiger partial charge in [0.2, 0.25) is 0 Å². The Labute approximate surface area is 104 Å². The first-order valence-electron chi connectivity index (χ1n) is 5.19. The van der Waals surface area contributed by atoms with Gasteiger partial charge in [0.05, 0.1) is 0 Å². The van der Waals surface area contributed by atoms with Crippen molar-refractivity contribution < 1.29 is 14.4 Å². The molecule has 16 heavy (non-hydrogen) atoms. The molecule has 2 rings (SSSR count). The van der Waals surface area contributed by atoms with Crippen LogP contribution in [0.25, 0.3) is 0 Å². The molecule has 0 spiro atoms. The summed E-state index contributed by atoms with van der Waals surface area (Å²) >= 11 is 3.33. The van der Waals surface area contributed by atoms with Gasteiger partial charge in [-0.25, -0.2) is 0 Å². The maximum absolute atomic E-state index is 9.49. The Morgan fingerprint density at radius 1 is 1.25 bits per heavy atom. The zero-order valence-corrected chi connectivity index (χ0v) is 11.0. The third kappa shape index (κ3) is 2.78. The Balaban J connectivity index is 2.14. The van der Waals surface area contributed by atoms with Crippen molar-refractivity contribution in [3.05, 3.63) is 22.7 Å². The molecule has 0 atom stereocenters. The number of hydrogen-bond donors (Lipinski definition) is 1. The molecule has 0 aliphatic carbocycles.